The number of allylic oxidation sites excluding steroid dienone is 2. The molecule has 0 unspecified atom stereocenters. The number of amides is 2. The molecule has 2 aromatic carbocycles. The van der Waals surface area contributed by atoms with Crippen molar-refractivity contribution < 1.29 is 19.1 Å². The van der Waals surface area contributed by atoms with Gasteiger partial charge in [-0.05, 0) is 53.0 Å². The van der Waals surface area contributed by atoms with Crippen molar-refractivity contribution in [1.29, 1.82) is 0 Å². The van der Waals surface area contributed by atoms with Crippen molar-refractivity contribution in [2.45, 2.75) is 6.42 Å². The van der Waals surface area contributed by atoms with Crippen LogP contribution in [0.1, 0.15) is 6.42 Å². The van der Waals surface area contributed by atoms with Gasteiger partial charge in [-0.15, -0.1) is 0 Å². The predicted molar refractivity (Wildman–Crippen MR) is 101 cm³/mol. The van der Waals surface area contributed by atoms with E-state index in [1.165, 1.54) is 0 Å². The van der Waals surface area contributed by atoms with Gasteiger partial charge in [-0.2, -0.15) is 0 Å². The lowest BCUT2D eigenvalue weighted by Crippen LogP contribution is -2.40. The van der Waals surface area contributed by atoms with Crippen LogP contribution in [-0.4, -0.2) is 29.2 Å². The molecule has 2 bridgehead atoms. The fraction of sp³-hybridized carbons (Fsp3) is 0.348. The SMILES string of the molecule is O=C(CN1C(=O)[C@@H]2[C@@H]3C=C[C@H]([C@H]4C[C@H]34)[C@@H]2C1=O)Oc1ccc2ccccc2c1. The summed E-state index contributed by atoms with van der Waals surface area (Å²) < 4.78 is 5.43. The van der Waals surface area contributed by atoms with Gasteiger partial charge in [0.1, 0.15) is 12.3 Å². The minimum absolute atomic E-state index is 0.165. The molecule has 2 amide bonds. The molecule has 28 heavy (non-hydrogen) atoms. The lowest BCUT2D eigenvalue weighted by Gasteiger charge is -2.37. The number of esters is 1. The molecule has 140 valence electrons. The third kappa shape index (κ3) is 2.16. The van der Waals surface area contributed by atoms with E-state index in [1.807, 2.05) is 30.3 Å². The van der Waals surface area contributed by atoms with Crippen LogP contribution in [-0.2, 0) is 14.4 Å². The maximum atomic E-state index is 12.9. The number of carbonyl (C=O) groups excluding carboxylic acids is 3. The van der Waals surface area contributed by atoms with Crippen LogP contribution < -0.4 is 4.74 Å². The summed E-state index contributed by atoms with van der Waals surface area (Å²) in [5, 5.41) is 2.02. The Hall–Kier alpha value is -2.95. The van der Waals surface area contributed by atoms with Gasteiger partial charge in [-0.25, -0.2) is 4.79 Å². The Balaban J connectivity index is 1.20. The van der Waals surface area contributed by atoms with Gasteiger partial charge in [0.2, 0.25) is 11.8 Å². The topological polar surface area (TPSA) is 63.7 Å². The van der Waals surface area contributed by atoms with E-state index < -0.39 is 5.97 Å². The summed E-state index contributed by atoms with van der Waals surface area (Å²) in [6, 6.07) is 13.2. The van der Waals surface area contributed by atoms with Gasteiger partial charge >= 0.3 is 5.97 Å². The molecule has 0 N–H and O–H groups in total. The fourth-order valence-electron chi connectivity index (χ4n) is 5.70. The average molecular weight is 373 g/mol. The smallest absolute Gasteiger partial charge is 0.331 e. The number of rotatable bonds is 3. The van der Waals surface area contributed by atoms with Gasteiger partial charge in [0.05, 0.1) is 11.8 Å². The molecule has 1 saturated heterocycles. The highest BCUT2D eigenvalue weighted by molar-refractivity contribution is 6.08. The number of nitrogens with zero attached hydrogens (tertiary/aromatic N) is 1. The minimum Gasteiger partial charge on any atom is -0.425 e. The molecule has 0 radical (unpaired) electrons. The number of fused-ring (bicyclic) bond motifs is 1. The lowest BCUT2D eigenvalue weighted by molar-refractivity contribution is -0.148. The molecule has 0 aromatic heterocycles. The van der Waals surface area contributed by atoms with Crippen molar-refractivity contribution in [2.75, 3.05) is 6.54 Å². The Labute approximate surface area is 162 Å². The van der Waals surface area contributed by atoms with E-state index in [2.05, 4.69) is 12.2 Å². The number of likely N-dealkylation sites (tertiary alicyclic amines) is 1. The molecule has 1 heterocycles. The lowest BCUT2D eigenvalue weighted by atomic mass is 9.63. The van der Waals surface area contributed by atoms with Gasteiger partial charge in [-0.1, -0.05) is 42.5 Å². The highest BCUT2D eigenvalue weighted by atomic mass is 16.5. The Bertz CT molecular complexity index is 1040. The van der Waals surface area contributed by atoms with E-state index in [0.717, 1.165) is 22.1 Å². The van der Waals surface area contributed by atoms with Crippen LogP contribution in [0.25, 0.3) is 10.8 Å². The molecule has 5 aliphatic rings. The van der Waals surface area contributed by atoms with E-state index in [0.29, 0.717) is 17.6 Å². The number of ether oxygens (including phenoxy) is 1. The van der Waals surface area contributed by atoms with Crippen LogP contribution in [0.5, 0.6) is 5.75 Å². The molecule has 1 aliphatic heterocycles. The molecule has 5 heteroatoms. The molecule has 2 saturated carbocycles. The molecule has 0 spiro atoms. The normalized spacial score (nSPS) is 34.5. The van der Waals surface area contributed by atoms with Gasteiger partial charge in [-0.3, -0.25) is 14.5 Å². The van der Waals surface area contributed by atoms with Crippen molar-refractivity contribution in [2.24, 2.45) is 35.5 Å². The first kappa shape index (κ1) is 16.0. The maximum absolute atomic E-state index is 12.9. The maximum Gasteiger partial charge on any atom is 0.331 e. The standard InChI is InChI=1S/C23H19NO4/c25-19(28-14-6-5-12-3-1-2-4-13(12)9-14)11-24-22(26)20-15-7-8-16(18-10-17(15)18)21(20)23(24)27/h1-9,15-18,20-21H,10-11H2/t15-,16-,17-,18-,20-,21+/m1/s1. The molecular weight excluding hydrogens is 354 g/mol. The van der Waals surface area contributed by atoms with E-state index in [4.69, 9.17) is 4.74 Å². The Morgan fingerprint density at radius 1 is 0.929 bits per heavy atom. The number of hydrogen-bond acceptors (Lipinski definition) is 4. The minimum atomic E-state index is -0.582. The van der Waals surface area contributed by atoms with Crippen LogP contribution >= 0.6 is 0 Å². The molecule has 3 fully saturated rings. The predicted octanol–water partition coefficient (Wildman–Crippen LogP) is 2.80. The Kier molecular flexibility index (Phi) is 3.17. The highest BCUT2D eigenvalue weighted by Gasteiger charge is 2.67. The van der Waals surface area contributed by atoms with Crippen molar-refractivity contribution in [3.8, 4) is 5.75 Å². The monoisotopic (exact) mass is 373 g/mol. The largest absolute Gasteiger partial charge is 0.425 e. The van der Waals surface area contributed by atoms with Crippen LogP contribution in [0.3, 0.4) is 0 Å². The zero-order valence-corrected chi connectivity index (χ0v) is 15.2. The summed E-state index contributed by atoms with van der Waals surface area (Å²) in [5.41, 5.74) is 0. The molecule has 4 aliphatic carbocycles. The fourth-order valence-corrected chi connectivity index (χ4v) is 5.70. The zero-order valence-electron chi connectivity index (χ0n) is 15.2. The second kappa shape index (κ2) is 5.53. The van der Waals surface area contributed by atoms with Crippen LogP contribution in [0.2, 0.25) is 0 Å². The van der Waals surface area contributed by atoms with Crippen LogP contribution in [0.4, 0.5) is 0 Å². The van der Waals surface area contributed by atoms with E-state index in [1.54, 1.807) is 12.1 Å². The number of benzene rings is 2. The zero-order chi connectivity index (χ0) is 19.0. The molecular formula is C23H19NO4. The molecule has 7 rings (SSSR count). The van der Waals surface area contributed by atoms with E-state index >= 15 is 0 Å². The van der Waals surface area contributed by atoms with Crippen molar-refractivity contribution >= 4 is 28.6 Å². The number of hydrogen-bond donors (Lipinski definition) is 0. The van der Waals surface area contributed by atoms with Crippen molar-refractivity contribution in [3.63, 3.8) is 0 Å². The van der Waals surface area contributed by atoms with E-state index in [-0.39, 0.29) is 42.0 Å². The first-order valence-electron chi connectivity index (χ1n) is 9.85. The van der Waals surface area contributed by atoms with Crippen molar-refractivity contribution in [1.82, 2.24) is 4.90 Å². The summed E-state index contributed by atoms with van der Waals surface area (Å²) in [6.45, 7) is -0.313. The van der Waals surface area contributed by atoms with Gasteiger partial charge < -0.3 is 4.74 Å². The second-order valence-corrected chi connectivity index (χ2v) is 8.40. The third-order valence-corrected chi connectivity index (χ3v) is 6.99. The Morgan fingerprint density at radius 3 is 2.25 bits per heavy atom. The van der Waals surface area contributed by atoms with Crippen LogP contribution in [0.15, 0.2) is 54.6 Å². The summed E-state index contributed by atoms with van der Waals surface area (Å²) in [6.07, 6.45) is 5.38. The van der Waals surface area contributed by atoms with Gasteiger partial charge in [0.15, 0.2) is 0 Å². The van der Waals surface area contributed by atoms with Crippen LogP contribution in [0, 0.1) is 35.5 Å². The Morgan fingerprint density at radius 2 is 1.57 bits per heavy atom. The number of carbonyl (C=O) groups is 3. The summed E-state index contributed by atoms with van der Waals surface area (Å²) in [4.78, 5) is 39.5. The molecule has 6 atom stereocenters. The summed E-state index contributed by atoms with van der Waals surface area (Å²) >= 11 is 0. The molecule has 2 aromatic rings. The quantitative estimate of drug-likeness (QED) is 0.359. The first-order chi connectivity index (χ1) is 13.6. The first-order valence-corrected chi connectivity index (χ1v) is 9.85. The summed E-state index contributed by atoms with van der Waals surface area (Å²) in [7, 11) is 0. The average Bonchev–Trinajstić information content (AvgIpc) is 3.49. The second-order valence-electron chi connectivity index (χ2n) is 8.40. The highest BCUT2D eigenvalue weighted by Crippen LogP contribution is 2.65. The van der Waals surface area contributed by atoms with Gasteiger partial charge in [0, 0.05) is 0 Å². The van der Waals surface area contributed by atoms with Gasteiger partial charge in [0.25, 0.3) is 0 Å². The van der Waals surface area contributed by atoms with Crippen molar-refractivity contribution in [3.05, 3.63) is 54.6 Å². The molecule has 5 nitrogen and oxygen atoms in total. The van der Waals surface area contributed by atoms with E-state index in [9.17, 15) is 14.4 Å². The third-order valence-electron chi connectivity index (χ3n) is 6.99. The number of imide groups is 1. The summed E-state index contributed by atoms with van der Waals surface area (Å²) in [5.74, 6) is 0.319.